The molecule has 2 rings (SSSR count). The van der Waals surface area contributed by atoms with Gasteiger partial charge in [-0.1, -0.05) is 13.8 Å². The van der Waals surface area contributed by atoms with E-state index in [0.29, 0.717) is 6.04 Å². The van der Waals surface area contributed by atoms with Gasteiger partial charge in [0.15, 0.2) is 0 Å². The van der Waals surface area contributed by atoms with Crippen molar-refractivity contribution in [1.82, 2.24) is 10.3 Å². The lowest BCUT2D eigenvalue weighted by Gasteiger charge is -2.31. The Labute approximate surface area is 115 Å². The van der Waals surface area contributed by atoms with E-state index in [2.05, 4.69) is 41.2 Å². The molecule has 0 spiro atoms. The lowest BCUT2D eigenvalue weighted by atomic mass is 10.1. The molecule has 1 aliphatic heterocycles. The molecular formula is C15H25N3O. The predicted molar refractivity (Wildman–Crippen MR) is 78.4 cm³/mol. The van der Waals surface area contributed by atoms with Crippen molar-refractivity contribution >= 4 is 5.69 Å². The van der Waals surface area contributed by atoms with Gasteiger partial charge in [0.2, 0.25) is 0 Å². The Kier molecular flexibility index (Phi) is 5.16. The molecule has 19 heavy (non-hydrogen) atoms. The minimum Gasteiger partial charge on any atom is -0.393 e. The molecular weight excluding hydrogens is 238 g/mol. The maximum absolute atomic E-state index is 9.53. The summed E-state index contributed by atoms with van der Waals surface area (Å²) in [6.45, 7) is 7.11. The van der Waals surface area contributed by atoms with Crippen molar-refractivity contribution in [3.63, 3.8) is 0 Å². The summed E-state index contributed by atoms with van der Waals surface area (Å²) in [6, 6.07) is 4.62. The predicted octanol–water partition coefficient (Wildman–Crippen LogP) is 2.10. The molecule has 2 heterocycles. The second kappa shape index (κ2) is 6.87. The molecule has 2 N–H and O–H groups in total. The summed E-state index contributed by atoms with van der Waals surface area (Å²) in [5, 5.41) is 13.0. The van der Waals surface area contributed by atoms with Crippen LogP contribution in [0.1, 0.15) is 44.8 Å². The molecule has 4 nitrogen and oxygen atoms in total. The molecule has 0 amide bonds. The van der Waals surface area contributed by atoms with Gasteiger partial charge in [0, 0.05) is 19.1 Å². The maximum Gasteiger partial charge on any atom is 0.0574 e. The van der Waals surface area contributed by atoms with E-state index in [1.807, 2.05) is 6.20 Å². The highest BCUT2D eigenvalue weighted by molar-refractivity contribution is 5.45. The fourth-order valence-electron chi connectivity index (χ4n) is 2.62. The van der Waals surface area contributed by atoms with Crippen LogP contribution in [-0.4, -0.2) is 35.8 Å². The van der Waals surface area contributed by atoms with Crippen LogP contribution in [0.4, 0.5) is 5.69 Å². The van der Waals surface area contributed by atoms with Crippen LogP contribution in [0.5, 0.6) is 0 Å². The van der Waals surface area contributed by atoms with E-state index in [9.17, 15) is 5.11 Å². The second-order valence-corrected chi connectivity index (χ2v) is 5.18. The molecule has 0 aliphatic carbocycles. The lowest BCUT2D eigenvalue weighted by Crippen LogP contribution is -2.35. The molecule has 0 aromatic carbocycles. The van der Waals surface area contributed by atoms with Crippen LogP contribution in [0.2, 0.25) is 0 Å². The fourth-order valence-corrected chi connectivity index (χ4v) is 2.62. The van der Waals surface area contributed by atoms with Gasteiger partial charge in [-0.05, 0) is 37.9 Å². The van der Waals surface area contributed by atoms with Gasteiger partial charge in [-0.3, -0.25) is 4.98 Å². The first-order valence-corrected chi connectivity index (χ1v) is 7.37. The third kappa shape index (κ3) is 3.67. The number of hydrogen-bond acceptors (Lipinski definition) is 4. The Bertz CT molecular complexity index is 371. The SMILES string of the molecule is CCNC(CC)c1ccc(N2CCC(O)CC2)cn1. The van der Waals surface area contributed by atoms with E-state index >= 15 is 0 Å². The standard InChI is InChI=1S/C15H25N3O/c1-3-14(16-4-2)15-6-5-12(11-17-15)18-9-7-13(19)8-10-18/h5-6,11,13-14,16,19H,3-4,7-10H2,1-2H3. The van der Waals surface area contributed by atoms with Crippen LogP contribution in [0, 0.1) is 0 Å². The van der Waals surface area contributed by atoms with Crippen molar-refractivity contribution in [2.24, 2.45) is 0 Å². The Hall–Kier alpha value is -1.13. The number of pyridine rings is 1. The molecule has 1 unspecified atom stereocenters. The molecule has 4 heteroatoms. The number of nitrogens with zero attached hydrogens (tertiary/aromatic N) is 2. The average molecular weight is 263 g/mol. The number of piperidine rings is 1. The van der Waals surface area contributed by atoms with Crippen LogP contribution in [0.15, 0.2) is 18.3 Å². The Morgan fingerprint density at radius 3 is 2.63 bits per heavy atom. The zero-order valence-electron chi connectivity index (χ0n) is 12.0. The number of aliphatic hydroxyl groups excluding tert-OH is 1. The summed E-state index contributed by atoms with van der Waals surface area (Å²) in [5.74, 6) is 0. The third-order valence-corrected chi connectivity index (χ3v) is 3.82. The van der Waals surface area contributed by atoms with Crippen LogP contribution in [0.25, 0.3) is 0 Å². The molecule has 0 saturated carbocycles. The molecule has 1 aromatic rings. The van der Waals surface area contributed by atoms with E-state index in [1.54, 1.807) is 0 Å². The number of nitrogens with one attached hydrogen (secondary N) is 1. The number of aromatic nitrogens is 1. The third-order valence-electron chi connectivity index (χ3n) is 3.82. The van der Waals surface area contributed by atoms with Crippen LogP contribution >= 0.6 is 0 Å². The molecule has 1 fully saturated rings. The second-order valence-electron chi connectivity index (χ2n) is 5.18. The number of anilines is 1. The van der Waals surface area contributed by atoms with Crippen LogP contribution in [-0.2, 0) is 0 Å². The van der Waals surface area contributed by atoms with E-state index in [-0.39, 0.29) is 6.10 Å². The minimum absolute atomic E-state index is 0.123. The van der Waals surface area contributed by atoms with E-state index in [0.717, 1.165) is 44.6 Å². The van der Waals surface area contributed by atoms with Gasteiger partial charge >= 0.3 is 0 Å². The molecule has 1 aliphatic rings. The van der Waals surface area contributed by atoms with Crippen molar-refractivity contribution in [2.75, 3.05) is 24.5 Å². The average Bonchev–Trinajstić information content (AvgIpc) is 2.46. The smallest absolute Gasteiger partial charge is 0.0574 e. The van der Waals surface area contributed by atoms with Gasteiger partial charge in [0.25, 0.3) is 0 Å². The molecule has 0 radical (unpaired) electrons. The zero-order chi connectivity index (χ0) is 13.7. The largest absolute Gasteiger partial charge is 0.393 e. The fraction of sp³-hybridized carbons (Fsp3) is 0.667. The van der Waals surface area contributed by atoms with Crippen molar-refractivity contribution in [2.45, 2.75) is 45.3 Å². The number of rotatable bonds is 5. The first kappa shape index (κ1) is 14.3. The van der Waals surface area contributed by atoms with Gasteiger partial charge in [0.05, 0.1) is 23.7 Å². The van der Waals surface area contributed by atoms with Crippen molar-refractivity contribution in [1.29, 1.82) is 0 Å². The van der Waals surface area contributed by atoms with Gasteiger partial charge in [-0.25, -0.2) is 0 Å². The summed E-state index contributed by atoms with van der Waals surface area (Å²) in [6.07, 6.45) is 4.61. The van der Waals surface area contributed by atoms with E-state index in [4.69, 9.17) is 0 Å². The summed E-state index contributed by atoms with van der Waals surface area (Å²) in [7, 11) is 0. The first-order chi connectivity index (χ1) is 9.24. The van der Waals surface area contributed by atoms with Crippen molar-refractivity contribution in [3.05, 3.63) is 24.0 Å². The van der Waals surface area contributed by atoms with Crippen molar-refractivity contribution in [3.8, 4) is 0 Å². The van der Waals surface area contributed by atoms with Crippen LogP contribution in [0.3, 0.4) is 0 Å². The quantitative estimate of drug-likeness (QED) is 0.854. The Morgan fingerprint density at radius 1 is 1.37 bits per heavy atom. The molecule has 0 bridgehead atoms. The highest BCUT2D eigenvalue weighted by Crippen LogP contribution is 2.21. The lowest BCUT2D eigenvalue weighted by molar-refractivity contribution is 0.145. The summed E-state index contributed by atoms with van der Waals surface area (Å²) in [5.41, 5.74) is 2.28. The van der Waals surface area contributed by atoms with Gasteiger partial charge < -0.3 is 15.3 Å². The summed E-state index contributed by atoms with van der Waals surface area (Å²) in [4.78, 5) is 6.90. The highest BCUT2D eigenvalue weighted by atomic mass is 16.3. The number of aliphatic hydroxyl groups is 1. The summed E-state index contributed by atoms with van der Waals surface area (Å²) >= 11 is 0. The number of hydrogen-bond donors (Lipinski definition) is 2. The topological polar surface area (TPSA) is 48.4 Å². The minimum atomic E-state index is -0.123. The highest BCUT2D eigenvalue weighted by Gasteiger charge is 2.18. The van der Waals surface area contributed by atoms with Gasteiger partial charge in [0.1, 0.15) is 0 Å². The Balaban J connectivity index is 2.01. The molecule has 1 atom stereocenters. The van der Waals surface area contributed by atoms with Gasteiger partial charge in [-0.2, -0.15) is 0 Å². The maximum atomic E-state index is 9.53. The first-order valence-electron chi connectivity index (χ1n) is 7.37. The van der Waals surface area contributed by atoms with E-state index in [1.165, 1.54) is 5.69 Å². The van der Waals surface area contributed by atoms with Crippen LogP contribution < -0.4 is 10.2 Å². The van der Waals surface area contributed by atoms with Gasteiger partial charge in [-0.15, -0.1) is 0 Å². The Morgan fingerprint density at radius 2 is 2.11 bits per heavy atom. The molecule has 1 aromatic heterocycles. The van der Waals surface area contributed by atoms with E-state index < -0.39 is 0 Å². The van der Waals surface area contributed by atoms with Crippen molar-refractivity contribution < 1.29 is 5.11 Å². The zero-order valence-corrected chi connectivity index (χ0v) is 12.0. The summed E-state index contributed by atoms with van der Waals surface area (Å²) < 4.78 is 0. The normalized spacial score (nSPS) is 18.6. The monoisotopic (exact) mass is 263 g/mol. The molecule has 1 saturated heterocycles. The molecule has 106 valence electrons.